The van der Waals surface area contributed by atoms with Gasteiger partial charge in [0.05, 0.1) is 23.8 Å². The molecule has 1 aromatic heterocycles. The van der Waals surface area contributed by atoms with E-state index in [1.807, 2.05) is 12.4 Å². The lowest BCUT2D eigenvalue weighted by molar-refractivity contribution is 0.401. The summed E-state index contributed by atoms with van der Waals surface area (Å²) in [7, 11) is 6.32. The van der Waals surface area contributed by atoms with E-state index in [2.05, 4.69) is 54.2 Å². The van der Waals surface area contributed by atoms with Crippen molar-refractivity contribution in [3.05, 3.63) is 18.5 Å². The summed E-state index contributed by atoms with van der Waals surface area (Å²) in [6, 6.07) is 2.14. The van der Waals surface area contributed by atoms with Crippen LogP contribution in [-0.2, 0) is 0 Å². The average molecular weight is 236 g/mol. The van der Waals surface area contributed by atoms with Gasteiger partial charge in [0.15, 0.2) is 0 Å². The minimum Gasteiger partial charge on any atom is -0.384 e. The summed E-state index contributed by atoms with van der Waals surface area (Å²) in [6.07, 6.45) is 4.94. The van der Waals surface area contributed by atoms with Crippen LogP contribution < -0.4 is 10.2 Å². The molecule has 1 aromatic rings. The van der Waals surface area contributed by atoms with E-state index in [1.165, 1.54) is 5.69 Å². The summed E-state index contributed by atoms with van der Waals surface area (Å²) in [5.41, 5.74) is 2.26. The summed E-state index contributed by atoms with van der Waals surface area (Å²) < 4.78 is 0. The van der Waals surface area contributed by atoms with Crippen molar-refractivity contribution >= 4 is 11.4 Å². The van der Waals surface area contributed by atoms with Gasteiger partial charge in [-0.15, -0.1) is 0 Å². The lowest BCUT2D eigenvalue weighted by Crippen LogP contribution is -2.23. The Kier molecular flexibility index (Phi) is 5.77. The molecular formula is C13H24N4. The Hall–Kier alpha value is -1.29. The summed E-state index contributed by atoms with van der Waals surface area (Å²) in [5.74, 6) is 0. The molecular weight excluding hydrogens is 212 g/mol. The smallest absolute Gasteiger partial charge is 0.0570 e. The van der Waals surface area contributed by atoms with Gasteiger partial charge in [-0.2, -0.15) is 0 Å². The van der Waals surface area contributed by atoms with Crippen LogP contribution in [0.2, 0.25) is 0 Å². The standard InChI is InChI=1S/C13H24N4/c1-5-15-12-9-13(11-14-10-12)17(4)8-6-7-16(2)3/h9-11,15H,5-8H2,1-4H3. The Labute approximate surface area is 105 Å². The second-order valence-corrected chi connectivity index (χ2v) is 4.54. The van der Waals surface area contributed by atoms with Crippen LogP contribution in [0.3, 0.4) is 0 Å². The van der Waals surface area contributed by atoms with E-state index in [-0.39, 0.29) is 0 Å². The molecule has 4 nitrogen and oxygen atoms in total. The quantitative estimate of drug-likeness (QED) is 0.783. The second-order valence-electron chi connectivity index (χ2n) is 4.54. The fraction of sp³-hybridized carbons (Fsp3) is 0.615. The molecule has 0 unspecified atom stereocenters. The Morgan fingerprint density at radius 2 is 1.94 bits per heavy atom. The molecule has 17 heavy (non-hydrogen) atoms. The third-order valence-electron chi connectivity index (χ3n) is 2.64. The molecule has 0 aliphatic carbocycles. The Bertz CT molecular complexity index is 325. The van der Waals surface area contributed by atoms with Crippen LogP contribution in [0.25, 0.3) is 0 Å². The molecule has 4 heteroatoms. The molecule has 0 radical (unpaired) electrons. The highest BCUT2D eigenvalue weighted by molar-refractivity contribution is 5.55. The number of hydrogen-bond donors (Lipinski definition) is 1. The first kappa shape index (κ1) is 13.8. The van der Waals surface area contributed by atoms with Crippen molar-refractivity contribution in [2.75, 3.05) is 51.0 Å². The van der Waals surface area contributed by atoms with Gasteiger partial charge in [0, 0.05) is 20.1 Å². The zero-order chi connectivity index (χ0) is 12.7. The van der Waals surface area contributed by atoms with Crippen LogP contribution in [0.4, 0.5) is 11.4 Å². The number of nitrogens with zero attached hydrogens (tertiary/aromatic N) is 3. The molecule has 0 saturated carbocycles. The first-order valence-corrected chi connectivity index (χ1v) is 6.18. The molecule has 1 rings (SSSR count). The third-order valence-corrected chi connectivity index (χ3v) is 2.64. The number of nitrogens with one attached hydrogen (secondary N) is 1. The van der Waals surface area contributed by atoms with Gasteiger partial charge in [0.2, 0.25) is 0 Å². The molecule has 0 spiro atoms. The van der Waals surface area contributed by atoms with E-state index >= 15 is 0 Å². The third kappa shape index (κ3) is 5.04. The molecule has 0 fully saturated rings. The molecule has 0 aliphatic heterocycles. The lowest BCUT2D eigenvalue weighted by atomic mass is 10.3. The normalized spacial score (nSPS) is 10.6. The molecule has 96 valence electrons. The number of hydrogen-bond acceptors (Lipinski definition) is 4. The maximum atomic E-state index is 4.25. The van der Waals surface area contributed by atoms with Crippen molar-refractivity contribution in [3.63, 3.8) is 0 Å². The van der Waals surface area contributed by atoms with Gasteiger partial charge in [-0.3, -0.25) is 4.98 Å². The highest BCUT2D eigenvalue weighted by atomic mass is 15.1. The van der Waals surface area contributed by atoms with Crippen LogP contribution in [-0.4, -0.2) is 50.7 Å². The van der Waals surface area contributed by atoms with Gasteiger partial charge in [0.25, 0.3) is 0 Å². The first-order valence-electron chi connectivity index (χ1n) is 6.18. The predicted octanol–water partition coefficient (Wildman–Crippen LogP) is 1.90. The van der Waals surface area contributed by atoms with Crippen molar-refractivity contribution in [1.29, 1.82) is 0 Å². The van der Waals surface area contributed by atoms with Crippen LogP contribution in [0, 0.1) is 0 Å². The minimum atomic E-state index is 0.926. The number of pyridine rings is 1. The maximum Gasteiger partial charge on any atom is 0.0570 e. The zero-order valence-corrected chi connectivity index (χ0v) is 11.4. The zero-order valence-electron chi connectivity index (χ0n) is 11.4. The molecule has 0 atom stereocenters. The topological polar surface area (TPSA) is 31.4 Å². The molecule has 1 heterocycles. The molecule has 0 saturated heterocycles. The van der Waals surface area contributed by atoms with Gasteiger partial charge in [0.1, 0.15) is 0 Å². The molecule has 1 N–H and O–H groups in total. The largest absolute Gasteiger partial charge is 0.384 e. The number of aromatic nitrogens is 1. The van der Waals surface area contributed by atoms with Crippen LogP contribution >= 0.6 is 0 Å². The van der Waals surface area contributed by atoms with Crippen molar-refractivity contribution in [1.82, 2.24) is 9.88 Å². The van der Waals surface area contributed by atoms with Crippen LogP contribution in [0.15, 0.2) is 18.5 Å². The monoisotopic (exact) mass is 236 g/mol. The van der Waals surface area contributed by atoms with Crippen molar-refractivity contribution < 1.29 is 0 Å². The maximum absolute atomic E-state index is 4.25. The Balaban J connectivity index is 2.50. The summed E-state index contributed by atoms with van der Waals surface area (Å²) in [4.78, 5) is 8.71. The van der Waals surface area contributed by atoms with Gasteiger partial charge in [-0.25, -0.2) is 0 Å². The molecule has 0 aliphatic rings. The highest BCUT2D eigenvalue weighted by Crippen LogP contribution is 2.16. The Morgan fingerprint density at radius 1 is 1.18 bits per heavy atom. The van der Waals surface area contributed by atoms with E-state index in [0.29, 0.717) is 0 Å². The fourth-order valence-corrected chi connectivity index (χ4v) is 1.69. The van der Waals surface area contributed by atoms with Crippen molar-refractivity contribution in [2.45, 2.75) is 13.3 Å². The fourth-order valence-electron chi connectivity index (χ4n) is 1.69. The van der Waals surface area contributed by atoms with Gasteiger partial charge >= 0.3 is 0 Å². The van der Waals surface area contributed by atoms with E-state index in [0.717, 1.165) is 31.7 Å². The number of rotatable bonds is 7. The summed E-state index contributed by atoms with van der Waals surface area (Å²) in [6.45, 7) is 5.18. The number of anilines is 2. The molecule has 0 bridgehead atoms. The highest BCUT2D eigenvalue weighted by Gasteiger charge is 2.02. The summed E-state index contributed by atoms with van der Waals surface area (Å²) in [5, 5.41) is 3.28. The average Bonchev–Trinajstić information content (AvgIpc) is 2.29. The van der Waals surface area contributed by atoms with E-state index in [1.54, 1.807) is 0 Å². The van der Waals surface area contributed by atoms with E-state index < -0.39 is 0 Å². The predicted molar refractivity (Wildman–Crippen MR) is 74.8 cm³/mol. The van der Waals surface area contributed by atoms with E-state index in [4.69, 9.17) is 0 Å². The van der Waals surface area contributed by atoms with E-state index in [9.17, 15) is 0 Å². The Morgan fingerprint density at radius 3 is 2.59 bits per heavy atom. The molecule has 0 aromatic carbocycles. The van der Waals surface area contributed by atoms with Crippen LogP contribution in [0.5, 0.6) is 0 Å². The minimum absolute atomic E-state index is 0.926. The molecule has 0 amide bonds. The first-order chi connectivity index (χ1) is 8.13. The SMILES string of the molecule is CCNc1cncc(N(C)CCCN(C)C)c1. The summed E-state index contributed by atoms with van der Waals surface area (Å²) >= 11 is 0. The van der Waals surface area contributed by atoms with Crippen LogP contribution in [0.1, 0.15) is 13.3 Å². The van der Waals surface area contributed by atoms with Gasteiger partial charge in [-0.1, -0.05) is 0 Å². The second kappa shape index (κ2) is 7.12. The van der Waals surface area contributed by atoms with Crippen molar-refractivity contribution in [2.24, 2.45) is 0 Å². The van der Waals surface area contributed by atoms with Crippen molar-refractivity contribution in [3.8, 4) is 0 Å². The van der Waals surface area contributed by atoms with Gasteiger partial charge < -0.3 is 15.1 Å². The van der Waals surface area contributed by atoms with Gasteiger partial charge in [-0.05, 0) is 40.1 Å². The lowest BCUT2D eigenvalue weighted by Gasteiger charge is -2.20.